The summed E-state index contributed by atoms with van der Waals surface area (Å²) in [7, 11) is 0. The minimum atomic E-state index is -0.0351. The zero-order valence-corrected chi connectivity index (χ0v) is 17.4. The average molecular weight is 406 g/mol. The van der Waals surface area contributed by atoms with Crippen LogP contribution in [0.3, 0.4) is 0 Å². The number of hydrogen-bond acceptors (Lipinski definition) is 5. The second kappa shape index (κ2) is 9.99. The van der Waals surface area contributed by atoms with Gasteiger partial charge in [0.15, 0.2) is 5.13 Å². The fourth-order valence-corrected chi connectivity index (χ4v) is 5.18. The minimum absolute atomic E-state index is 0.0351. The number of thiazole rings is 1. The van der Waals surface area contributed by atoms with E-state index in [-0.39, 0.29) is 11.8 Å². The van der Waals surface area contributed by atoms with Crippen LogP contribution in [0.1, 0.15) is 63.2 Å². The molecule has 5 nitrogen and oxygen atoms in total. The first-order chi connectivity index (χ1) is 13.1. The minimum Gasteiger partial charge on any atom is -0.351 e. The Hall–Kier alpha value is -1.73. The highest BCUT2D eigenvalue weighted by Crippen LogP contribution is 2.31. The molecule has 2 heterocycles. The smallest absolute Gasteiger partial charge is 0.226 e. The summed E-state index contributed by atoms with van der Waals surface area (Å²) < 4.78 is 0. The van der Waals surface area contributed by atoms with E-state index >= 15 is 0 Å². The standard InChI is InChI=1S/C20H27N3O2S2/c1-14(24)21-12-16-10-11-18(27-16)17-13-26-20(22-17)23-19(25)9-5-8-15-6-3-2-4-7-15/h10-11,13,15H,2-9,12H2,1H3,(H,21,24)(H,22,23,25). The van der Waals surface area contributed by atoms with E-state index in [9.17, 15) is 9.59 Å². The lowest BCUT2D eigenvalue weighted by Gasteiger charge is -2.20. The summed E-state index contributed by atoms with van der Waals surface area (Å²) >= 11 is 3.06. The van der Waals surface area contributed by atoms with Crippen LogP contribution < -0.4 is 10.6 Å². The van der Waals surface area contributed by atoms with Crippen molar-refractivity contribution in [3.05, 3.63) is 22.4 Å². The van der Waals surface area contributed by atoms with E-state index in [2.05, 4.69) is 15.6 Å². The quantitative estimate of drug-likeness (QED) is 0.634. The van der Waals surface area contributed by atoms with Gasteiger partial charge in [0.1, 0.15) is 0 Å². The number of carbonyl (C=O) groups is 2. The van der Waals surface area contributed by atoms with Gasteiger partial charge in [0, 0.05) is 23.6 Å². The highest BCUT2D eigenvalue weighted by molar-refractivity contribution is 7.17. The van der Waals surface area contributed by atoms with E-state index in [1.54, 1.807) is 11.3 Å². The number of nitrogens with one attached hydrogen (secondary N) is 2. The lowest BCUT2D eigenvalue weighted by molar-refractivity contribution is -0.119. The molecule has 0 unspecified atom stereocenters. The van der Waals surface area contributed by atoms with Crippen LogP contribution in [0.25, 0.3) is 10.6 Å². The van der Waals surface area contributed by atoms with Crippen molar-refractivity contribution in [1.82, 2.24) is 10.3 Å². The second-order valence-electron chi connectivity index (χ2n) is 7.16. The Morgan fingerprint density at radius 2 is 2.04 bits per heavy atom. The number of amides is 2. The highest BCUT2D eigenvalue weighted by Gasteiger charge is 2.14. The summed E-state index contributed by atoms with van der Waals surface area (Å²) in [6, 6.07) is 4.01. The van der Waals surface area contributed by atoms with Gasteiger partial charge < -0.3 is 10.6 Å². The summed E-state index contributed by atoms with van der Waals surface area (Å²) in [5.41, 5.74) is 0.872. The molecule has 2 aromatic heterocycles. The number of carbonyl (C=O) groups excluding carboxylic acids is 2. The molecule has 0 atom stereocenters. The monoisotopic (exact) mass is 405 g/mol. The Morgan fingerprint density at radius 1 is 1.22 bits per heavy atom. The van der Waals surface area contributed by atoms with E-state index in [0.29, 0.717) is 18.1 Å². The van der Waals surface area contributed by atoms with Crippen molar-refractivity contribution >= 4 is 39.6 Å². The number of nitrogens with zero attached hydrogens (tertiary/aromatic N) is 1. The van der Waals surface area contributed by atoms with Gasteiger partial charge in [-0.05, 0) is 30.9 Å². The number of anilines is 1. The van der Waals surface area contributed by atoms with Gasteiger partial charge in [0.25, 0.3) is 0 Å². The normalized spacial score (nSPS) is 14.9. The summed E-state index contributed by atoms with van der Waals surface area (Å²) in [4.78, 5) is 29.8. The predicted octanol–water partition coefficient (Wildman–Crippen LogP) is 5.20. The molecule has 0 radical (unpaired) electrons. The Labute approximate surface area is 168 Å². The van der Waals surface area contributed by atoms with E-state index in [1.807, 2.05) is 17.5 Å². The van der Waals surface area contributed by atoms with Crippen molar-refractivity contribution in [3.8, 4) is 10.6 Å². The first-order valence-corrected chi connectivity index (χ1v) is 11.4. The molecule has 1 aliphatic rings. The molecule has 0 aromatic carbocycles. The molecule has 2 N–H and O–H groups in total. The third-order valence-corrected chi connectivity index (χ3v) is 6.78. The maximum atomic E-state index is 12.2. The molecule has 27 heavy (non-hydrogen) atoms. The van der Waals surface area contributed by atoms with Gasteiger partial charge in [-0.3, -0.25) is 9.59 Å². The van der Waals surface area contributed by atoms with Crippen LogP contribution in [-0.4, -0.2) is 16.8 Å². The van der Waals surface area contributed by atoms with Gasteiger partial charge in [-0.15, -0.1) is 22.7 Å². The molecule has 3 rings (SSSR count). The van der Waals surface area contributed by atoms with Crippen LogP contribution >= 0.6 is 22.7 Å². The molecule has 2 amide bonds. The Bertz CT molecular complexity index is 763. The van der Waals surface area contributed by atoms with Crippen molar-refractivity contribution in [2.75, 3.05) is 5.32 Å². The number of aromatic nitrogens is 1. The van der Waals surface area contributed by atoms with Crippen LogP contribution in [0.2, 0.25) is 0 Å². The maximum Gasteiger partial charge on any atom is 0.226 e. The Balaban J connectivity index is 1.44. The third kappa shape index (κ3) is 6.43. The van der Waals surface area contributed by atoms with Gasteiger partial charge in [0.2, 0.25) is 11.8 Å². The molecule has 0 aliphatic heterocycles. The zero-order chi connectivity index (χ0) is 19.1. The van der Waals surface area contributed by atoms with Crippen molar-refractivity contribution in [1.29, 1.82) is 0 Å². The van der Waals surface area contributed by atoms with E-state index in [4.69, 9.17) is 0 Å². The topological polar surface area (TPSA) is 71.1 Å². The SMILES string of the molecule is CC(=O)NCc1ccc(-c2csc(NC(=O)CCCC3CCCCC3)n2)s1. The lowest BCUT2D eigenvalue weighted by atomic mass is 9.86. The van der Waals surface area contributed by atoms with Gasteiger partial charge in [-0.25, -0.2) is 4.98 Å². The molecule has 0 bridgehead atoms. The van der Waals surface area contributed by atoms with Crippen LogP contribution in [0, 0.1) is 5.92 Å². The summed E-state index contributed by atoms with van der Waals surface area (Å²) in [5.74, 6) is 0.847. The van der Waals surface area contributed by atoms with E-state index < -0.39 is 0 Å². The molecule has 7 heteroatoms. The summed E-state index contributed by atoms with van der Waals surface area (Å²) in [6.07, 6.45) is 9.47. The van der Waals surface area contributed by atoms with Crippen molar-refractivity contribution in [3.63, 3.8) is 0 Å². The van der Waals surface area contributed by atoms with Gasteiger partial charge in [-0.2, -0.15) is 0 Å². The Morgan fingerprint density at radius 3 is 2.81 bits per heavy atom. The van der Waals surface area contributed by atoms with E-state index in [0.717, 1.165) is 27.8 Å². The van der Waals surface area contributed by atoms with Crippen LogP contribution in [0.4, 0.5) is 5.13 Å². The van der Waals surface area contributed by atoms with Crippen LogP contribution in [-0.2, 0) is 16.1 Å². The van der Waals surface area contributed by atoms with E-state index in [1.165, 1.54) is 56.8 Å². The first kappa shape index (κ1) is 20.0. The molecule has 2 aromatic rings. The zero-order valence-electron chi connectivity index (χ0n) is 15.8. The molecule has 0 saturated heterocycles. The van der Waals surface area contributed by atoms with Gasteiger partial charge in [0.05, 0.1) is 17.1 Å². The highest BCUT2D eigenvalue weighted by atomic mass is 32.1. The molecular formula is C20H27N3O2S2. The van der Waals surface area contributed by atoms with Crippen molar-refractivity contribution in [2.24, 2.45) is 5.92 Å². The first-order valence-electron chi connectivity index (χ1n) is 9.69. The fraction of sp³-hybridized carbons (Fsp3) is 0.550. The molecule has 1 fully saturated rings. The lowest BCUT2D eigenvalue weighted by Crippen LogP contribution is -2.17. The van der Waals surface area contributed by atoms with Crippen molar-refractivity contribution < 1.29 is 9.59 Å². The van der Waals surface area contributed by atoms with Gasteiger partial charge >= 0.3 is 0 Å². The van der Waals surface area contributed by atoms with Crippen LogP contribution in [0.5, 0.6) is 0 Å². The summed E-state index contributed by atoms with van der Waals surface area (Å²) in [5, 5.41) is 8.35. The predicted molar refractivity (Wildman–Crippen MR) is 112 cm³/mol. The number of rotatable bonds is 8. The number of hydrogen-bond donors (Lipinski definition) is 2. The molecule has 1 saturated carbocycles. The molecule has 0 spiro atoms. The second-order valence-corrected chi connectivity index (χ2v) is 9.18. The molecule has 146 valence electrons. The van der Waals surface area contributed by atoms with Crippen molar-refractivity contribution in [2.45, 2.75) is 64.8 Å². The number of thiophene rings is 1. The van der Waals surface area contributed by atoms with Gasteiger partial charge in [-0.1, -0.05) is 32.1 Å². The fourth-order valence-electron chi connectivity index (χ4n) is 3.48. The third-order valence-electron chi connectivity index (χ3n) is 4.92. The average Bonchev–Trinajstić information content (AvgIpc) is 3.30. The summed E-state index contributed by atoms with van der Waals surface area (Å²) in [6.45, 7) is 2.05. The molecule has 1 aliphatic carbocycles. The molecular weight excluding hydrogens is 378 g/mol. The maximum absolute atomic E-state index is 12.2. The Kier molecular flexibility index (Phi) is 7.41. The largest absolute Gasteiger partial charge is 0.351 e. The van der Waals surface area contributed by atoms with Crippen LogP contribution in [0.15, 0.2) is 17.5 Å².